The Bertz CT molecular complexity index is 735. The summed E-state index contributed by atoms with van der Waals surface area (Å²) in [7, 11) is 3.13. The van der Waals surface area contributed by atoms with Crippen molar-refractivity contribution in [1.29, 1.82) is 0 Å². The number of aryl methyl sites for hydroxylation is 1. The van der Waals surface area contributed by atoms with Crippen molar-refractivity contribution in [2.45, 2.75) is 12.8 Å². The van der Waals surface area contributed by atoms with Gasteiger partial charge in [-0.15, -0.1) is 0 Å². The van der Waals surface area contributed by atoms with Gasteiger partial charge in [0.15, 0.2) is 0 Å². The van der Waals surface area contributed by atoms with Gasteiger partial charge in [-0.1, -0.05) is 41.9 Å². The first-order chi connectivity index (χ1) is 12.0. The first-order valence-electron chi connectivity index (χ1n) is 7.91. The highest BCUT2D eigenvalue weighted by atomic mass is 35.5. The van der Waals surface area contributed by atoms with Crippen molar-refractivity contribution in [1.82, 2.24) is 4.90 Å². The smallest absolute Gasteiger partial charge is 0.244 e. The van der Waals surface area contributed by atoms with E-state index in [4.69, 9.17) is 16.3 Å². The molecular formula is C19H21ClN2O3. The average molecular weight is 361 g/mol. The molecule has 2 aromatic carbocycles. The fourth-order valence-electron chi connectivity index (χ4n) is 2.36. The summed E-state index contributed by atoms with van der Waals surface area (Å²) >= 11 is 5.94. The Labute approximate surface area is 152 Å². The Kier molecular flexibility index (Phi) is 6.83. The standard InChI is InChI=1S/C19H21ClN2O3/c1-22(19(24)11-8-14-6-4-3-5-7-14)13-18(23)21-16-12-15(20)9-10-17(16)25-2/h3-7,9-10,12H,8,11,13H2,1-2H3,(H,21,23). The fraction of sp³-hybridized carbons (Fsp3) is 0.263. The maximum atomic E-state index is 12.2. The second kappa shape index (κ2) is 9.08. The number of carbonyl (C=O) groups excluding carboxylic acids is 2. The van der Waals surface area contributed by atoms with Crippen LogP contribution in [0.2, 0.25) is 5.02 Å². The van der Waals surface area contributed by atoms with Crippen molar-refractivity contribution >= 4 is 29.1 Å². The number of anilines is 1. The predicted octanol–water partition coefficient (Wildman–Crippen LogP) is 3.38. The van der Waals surface area contributed by atoms with Crippen LogP contribution in [0.15, 0.2) is 48.5 Å². The molecule has 0 heterocycles. The number of nitrogens with one attached hydrogen (secondary N) is 1. The summed E-state index contributed by atoms with van der Waals surface area (Å²) in [6, 6.07) is 14.7. The van der Waals surface area contributed by atoms with Gasteiger partial charge in [0.2, 0.25) is 11.8 Å². The van der Waals surface area contributed by atoms with Crippen molar-refractivity contribution in [3.05, 3.63) is 59.1 Å². The van der Waals surface area contributed by atoms with Gasteiger partial charge >= 0.3 is 0 Å². The monoisotopic (exact) mass is 360 g/mol. The second-order valence-corrected chi connectivity index (χ2v) is 6.06. The minimum Gasteiger partial charge on any atom is -0.495 e. The molecule has 0 atom stereocenters. The molecule has 132 valence electrons. The van der Waals surface area contributed by atoms with E-state index < -0.39 is 0 Å². The third-order valence-electron chi connectivity index (χ3n) is 3.71. The number of methoxy groups -OCH3 is 1. The quantitative estimate of drug-likeness (QED) is 0.823. The molecule has 6 heteroatoms. The van der Waals surface area contributed by atoms with Crippen LogP contribution < -0.4 is 10.1 Å². The lowest BCUT2D eigenvalue weighted by molar-refractivity contribution is -0.133. The SMILES string of the molecule is COc1ccc(Cl)cc1NC(=O)CN(C)C(=O)CCc1ccccc1. The van der Waals surface area contributed by atoms with E-state index in [1.807, 2.05) is 30.3 Å². The highest BCUT2D eigenvalue weighted by Gasteiger charge is 2.14. The lowest BCUT2D eigenvalue weighted by Crippen LogP contribution is -2.35. The van der Waals surface area contributed by atoms with E-state index in [1.165, 1.54) is 12.0 Å². The van der Waals surface area contributed by atoms with Crippen LogP contribution in [0.3, 0.4) is 0 Å². The fourth-order valence-corrected chi connectivity index (χ4v) is 2.53. The number of hydrogen-bond donors (Lipinski definition) is 1. The first kappa shape index (κ1) is 18.8. The molecule has 2 rings (SSSR count). The van der Waals surface area contributed by atoms with Crippen LogP contribution in [0.25, 0.3) is 0 Å². The summed E-state index contributed by atoms with van der Waals surface area (Å²) in [4.78, 5) is 25.8. The van der Waals surface area contributed by atoms with Gasteiger partial charge in [0.1, 0.15) is 5.75 Å². The summed E-state index contributed by atoms with van der Waals surface area (Å²) in [5, 5.41) is 3.21. The number of rotatable bonds is 7. The number of halogens is 1. The maximum absolute atomic E-state index is 12.2. The zero-order valence-electron chi connectivity index (χ0n) is 14.3. The lowest BCUT2D eigenvalue weighted by Gasteiger charge is -2.17. The van der Waals surface area contributed by atoms with Gasteiger partial charge < -0.3 is 15.0 Å². The van der Waals surface area contributed by atoms with E-state index in [-0.39, 0.29) is 18.4 Å². The highest BCUT2D eigenvalue weighted by Crippen LogP contribution is 2.27. The van der Waals surface area contributed by atoms with Crippen LogP contribution in [-0.4, -0.2) is 37.4 Å². The summed E-state index contributed by atoms with van der Waals surface area (Å²) in [6.07, 6.45) is 1.00. The van der Waals surface area contributed by atoms with Crippen LogP contribution in [-0.2, 0) is 16.0 Å². The Hall–Kier alpha value is -2.53. The molecule has 0 aliphatic carbocycles. The molecule has 1 N–H and O–H groups in total. The zero-order chi connectivity index (χ0) is 18.2. The van der Waals surface area contributed by atoms with Gasteiger partial charge in [-0.2, -0.15) is 0 Å². The molecule has 0 saturated carbocycles. The molecule has 0 aliphatic heterocycles. The number of nitrogens with zero attached hydrogens (tertiary/aromatic N) is 1. The van der Waals surface area contributed by atoms with Crippen LogP contribution >= 0.6 is 11.6 Å². The molecule has 0 saturated heterocycles. The van der Waals surface area contributed by atoms with Gasteiger partial charge in [0.25, 0.3) is 0 Å². The minimum absolute atomic E-state index is 0.0384. The van der Waals surface area contributed by atoms with Crippen molar-refractivity contribution in [2.24, 2.45) is 0 Å². The Morgan fingerprint density at radius 3 is 2.56 bits per heavy atom. The molecule has 0 aromatic heterocycles. The van der Waals surface area contributed by atoms with E-state index in [2.05, 4.69) is 5.32 Å². The Balaban J connectivity index is 1.87. The molecule has 2 amide bonds. The second-order valence-electron chi connectivity index (χ2n) is 5.63. The summed E-state index contributed by atoms with van der Waals surface area (Å²) < 4.78 is 5.19. The Morgan fingerprint density at radius 2 is 1.88 bits per heavy atom. The van der Waals surface area contributed by atoms with Crippen LogP contribution in [0, 0.1) is 0 Å². The maximum Gasteiger partial charge on any atom is 0.244 e. The lowest BCUT2D eigenvalue weighted by atomic mass is 10.1. The molecule has 5 nitrogen and oxygen atoms in total. The van der Waals surface area contributed by atoms with Crippen molar-refractivity contribution < 1.29 is 14.3 Å². The molecule has 0 radical (unpaired) electrons. The van der Waals surface area contributed by atoms with Crippen molar-refractivity contribution in [3.8, 4) is 5.75 Å². The largest absolute Gasteiger partial charge is 0.495 e. The average Bonchev–Trinajstić information content (AvgIpc) is 2.60. The van der Waals surface area contributed by atoms with Gasteiger partial charge in [0, 0.05) is 18.5 Å². The molecule has 0 bridgehead atoms. The normalized spacial score (nSPS) is 10.2. The summed E-state index contributed by atoms with van der Waals surface area (Å²) in [5.41, 5.74) is 1.57. The van der Waals surface area contributed by atoms with E-state index in [1.54, 1.807) is 25.2 Å². The molecule has 0 aliphatic rings. The van der Waals surface area contributed by atoms with Crippen molar-refractivity contribution in [2.75, 3.05) is 26.0 Å². The third-order valence-corrected chi connectivity index (χ3v) is 3.95. The third kappa shape index (κ3) is 5.80. The van der Waals surface area contributed by atoms with Crippen LogP contribution in [0.4, 0.5) is 5.69 Å². The number of ether oxygens (including phenoxy) is 1. The molecule has 0 spiro atoms. The summed E-state index contributed by atoms with van der Waals surface area (Å²) in [6.45, 7) is -0.0384. The van der Waals surface area contributed by atoms with Gasteiger partial charge in [-0.25, -0.2) is 0 Å². The minimum atomic E-state index is -0.309. The van der Waals surface area contributed by atoms with Gasteiger partial charge in [0.05, 0.1) is 19.3 Å². The van der Waals surface area contributed by atoms with E-state index in [9.17, 15) is 9.59 Å². The van der Waals surface area contributed by atoms with Gasteiger partial charge in [-0.3, -0.25) is 9.59 Å². The highest BCUT2D eigenvalue weighted by molar-refractivity contribution is 6.31. The van der Waals surface area contributed by atoms with Crippen molar-refractivity contribution in [3.63, 3.8) is 0 Å². The number of carbonyl (C=O) groups is 2. The Morgan fingerprint density at radius 1 is 1.16 bits per heavy atom. The predicted molar refractivity (Wildman–Crippen MR) is 99.0 cm³/mol. The van der Waals surface area contributed by atoms with E-state index in [0.717, 1.165) is 5.56 Å². The molecular weight excluding hydrogens is 340 g/mol. The zero-order valence-corrected chi connectivity index (χ0v) is 15.0. The van der Waals surface area contributed by atoms with Gasteiger partial charge in [-0.05, 0) is 30.2 Å². The molecule has 25 heavy (non-hydrogen) atoms. The number of amides is 2. The molecule has 0 unspecified atom stereocenters. The first-order valence-corrected chi connectivity index (χ1v) is 8.28. The molecule has 2 aromatic rings. The number of hydrogen-bond acceptors (Lipinski definition) is 3. The number of benzene rings is 2. The van der Waals surface area contributed by atoms with E-state index in [0.29, 0.717) is 29.3 Å². The van der Waals surface area contributed by atoms with E-state index >= 15 is 0 Å². The van der Waals surface area contributed by atoms with Crippen LogP contribution in [0.1, 0.15) is 12.0 Å². The number of likely N-dealkylation sites (N-methyl/N-ethyl adjacent to an activating group) is 1. The summed E-state index contributed by atoms with van der Waals surface area (Å²) in [5.74, 6) is 0.115. The molecule has 0 fully saturated rings. The van der Waals surface area contributed by atoms with Crippen LogP contribution in [0.5, 0.6) is 5.75 Å². The topological polar surface area (TPSA) is 58.6 Å².